The van der Waals surface area contributed by atoms with E-state index in [9.17, 15) is 23.3 Å². The zero-order valence-corrected chi connectivity index (χ0v) is 17.0. The summed E-state index contributed by atoms with van der Waals surface area (Å²) < 4.78 is 25.5. The molecule has 0 atom stereocenters. The van der Waals surface area contributed by atoms with Gasteiger partial charge in [-0.15, -0.1) is 0 Å². The minimum atomic E-state index is -3.31. The third-order valence-electron chi connectivity index (χ3n) is 4.63. The smallest absolute Gasteiger partial charge is 0.269 e. The Hall–Kier alpha value is -3.24. The van der Waals surface area contributed by atoms with E-state index in [1.54, 1.807) is 24.3 Å². The van der Waals surface area contributed by atoms with Gasteiger partial charge in [-0.25, -0.2) is 13.1 Å². The van der Waals surface area contributed by atoms with Crippen molar-refractivity contribution in [1.29, 1.82) is 0 Å². The van der Waals surface area contributed by atoms with E-state index in [0.717, 1.165) is 0 Å². The lowest BCUT2D eigenvalue weighted by Crippen LogP contribution is -2.18. The van der Waals surface area contributed by atoms with Crippen LogP contribution in [0.4, 0.5) is 11.5 Å². The highest BCUT2D eigenvalue weighted by Crippen LogP contribution is 2.33. The van der Waals surface area contributed by atoms with E-state index < -0.39 is 20.7 Å². The van der Waals surface area contributed by atoms with Gasteiger partial charge >= 0.3 is 0 Å². The van der Waals surface area contributed by atoms with E-state index in [1.807, 2.05) is 0 Å². The van der Waals surface area contributed by atoms with Gasteiger partial charge in [0, 0.05) is 22.7 Å². The first-order chi connectivity index (χ1) is 14.2. The van der Waals surface area contributed by atoms with Crippen molar-refractivity contribution < 1.29 is 18.1 Å². The van der Waals surface area contributed by atoms with Crippen LogP contribution in [0.3, 0.4) is 0 Å². The van der Waals surface area contributed by atoms with Crippen LogP contribution in [0.2, 0.25) is 5.02 Å². The number of anilines is 1. The molecule has 0 aliphatic carbocycles. The average Bonchev–Trinajstić information content (AvgIpc) is 3.15. The zero-order valence-electron chi connectivity index (χ0n) is 15.4. The van der Waals surface area contributed by atoms with Crippen molar-refractivity contribution in [3.8, 4) is 5.69 Å². The Morgan fingerprint density at radius 1 is 1.13 bits per heavy atom. The van der Waals surface area contributed by atoms with Crippen LogP contribution in [0.25, 0.3) is 5.69 Å². The molecule has 1 aromatic heterocycles. The molecule has 3 aromatic rings. The van der Waals surface area contributed by atoms with Gasteiger partial charge in [-0.05, 0) is 29.8 Å². The lowest BCUT2D eigenvalue weighted by atomic mass is 10.1. The maximum atomic E-state index is 12.6. The Labute approximate surface area is 176 Å². The molecule has 0 spiro atoms. The Morgan fingerprint density at radius 3 is 2.43 bits per heavy atom. The molecular formula is C19H15ClN4O5S. The number of fused-ring (bicyclic) bond motifs is 1. The van der Waals surface area contributed by atoms with Gasteiger partial charge in [-0.3, -0.25) is 14.9 Å². The first kappa shape index (κ1) is 20.0. The number of amides is 1. The summed E-state index contributed by atoms with van der Waals surface area (Å²) in [5.41, 5.74) is 2.00. The van der Waals surface area contributed by atoms with Crippen LogP contribution in [0.15, 0.2) is 48.5 Å². The molecule has 1 aliphatic heterocycles. The van der Waals surface area contributed by atoms with Crippen LogP contribution >= 0.6 is 11.6 Å². The Morgan fingerprint density at radius 2 is 1.80 bits per heavy atom. The van der Waals surface area contributed by atoms with Crippen LogP contribution in [0, 0.1) is 10.1 Å². The predicted octanol–water partition coefficient (Wildman–Crippen LogP) is 3.04. The Balaban J connectivity index is 1.63. The topological polar surface area (TPSA) is 124 Å². The van der Waals surface area contributed by atoms with Gasteiger partial charge in [-0.1, -0.05) is 23.7 Å². The fourth-order valence-corrected chi connectivity index (χ4v) is 4.86. The normalized spacial score (nSPS) is 14.3. The predicted molar refractivity (Wildman–Crippen MR) is 110 cm³/mol. The summed E-state index contributed by atoms with van der Waals surface area (Å²) >= 11 is 5.94. The van der Waals surface area contributed by atoms with Gasteiger partial charge in [-0.2, -0.15) is 5.10 Å². The minimum Gasteiger partial charge on any atom is -0.310 e. The summed E-state index contributed by atoms with van der Waals surface area (Å²) in [5.74, 6) is -0.497. The third kappa shape index (κ3) is 4.05. The third-order valence-corrected chi connectivity index (χ3v) is 6.32. The number of nitro groups is 1. The SMILES string of the molecule is O=C(Cc1ccc([N+](=O)[O-])cc1)Nc1c2c(nn1-c1ccc(Cl)cc1)CS(=O)(=O)C2. The second kappa shape index (κ2) is 7.54. The van der Waals surface area contributed by atoms with E-state index in [0.29, 0.717) is 33.3 Å². The number of carbonyl (C=O) groups excluding carboxylic acids is 1. The number of sulfone groups is 1. The average molecular weight is 447 g/mol. The van der Waals surface area contributed by atoms with E-state index in [1.165, 1.54) is 28.9 Å². The minimum absolute atomic E-state index is 0.0364. The number of nitrogens with zero attached hydrogens (tertiary/aromatic N) is 3. The second-order valence-electron chi connectivity index (χ2n) is 6.84. The van der Waals surface area contributed by atoms with Crippen molar-refractivity contribution in [2.45, 2.75) is 17.9 Å². The van der Waals surface area contributed by atoms with Crippen molar-refractivity contribution in [2.24, 2.45) is 0 Å². The molecule has 4 rings (SSSR count). The van der Waals surface area contributed by atoms with Crippen LogP contribution < -0.4 is 5.32 Å². The van der Waals surface area contributed by atoms with Gasteiger partial charge < -0.3 is 5.32 Å². The highest BCUT2D eigenvalue weighted by molar-refractivity contribution is 7.90. The lowest BCUT2D eigenvalue weighted by molar-refractivity contribution is -0.384. The van der Waals surface area contributed by atoms with Gasteiger partial charge in [0.1, 0.15) is 5.82 Å². The number of hydrogen-bond acceptors (Lipinski definition) is 6. The standard InChI is InChI=1S/C19H15ClN4O5S/c20-13-3-7-14(8-4-13)23-19(16-10-30(28,29)11-17(16)22-23)21-18(25)9-12-1-5-15(6-2-12)24(26)27/h1-8H,9-11H2,(H,21,25). The summed E-state index contributed by atoms with van der Waals surface area (Å²) in [4.78, 5) is 22.9. The van der Waals surface area contributed by atoms with Crippen molar-refractivity contribution in [3.63, 3.8) is 0 Å². The van der Waals surface area contributed by atoms with Crippen LogP contribution in [-0.2, 0) is 32.6 Å². The molecule has 1 aliphatic rings. The molecule has 0 fully saturated rings. The van der Waals surface area contributed by atoms with Gasteiger partial charge in [0.15, 0.2) is 9.84 Å². The highest BCUT2D eigenvalue weighted by Gasteiger charge is 2.33. The number of halogens is 1. The van der Waals surface area contributed by atoms with Crippen molar-refractivity contribution in [1.82, 2.24) is 9.78 Å². The van der Waals surface area contributed by atoms with E-state index in [4.69, 9.17) is 11.6 Å². The highest BCUT2D eigenvalue weighted by atomic mass is 35.5. The number of hydrogen-bond donors (Lipinski definition) is 1. The van der Waals surface area contributed by atoms with Crippen molar-refractivity contribution in [3.05, 3.63) is 80.5 Å². The Kier molecular flexibility index (Phi) is 5.04. The Bertz CT molecular complexity index is 1250. The number of aromatic nitrogens is 2. The fraction of sp³-hybridized carbons (Fsp3) is 0.158. The lowest BCUT2D eigenvalue weighted by Gasteiger charge is -2.11. The molecule has 30 heavy (non-hydrogen) atoms. The molecule has 2 aromatic carbocycles. The van der Waals surface area contributed by atoms with Crippen LogP contribution in [0.1, 0.15) is 16.8 Å². The van der Waals surface area contributed by atoms with E-state index in [2.05, 4.69) is 10.4 Å². The first-order valence-corrected chi connectivity index (χ1v) is 11.0. The first-order valence-electron chi connectivity index (χ1n) is 8.82. The summed E-state index contributed by atoms with van der Waals surface area (Å²) in [5, 5.41) is 18.4. The zero-order chi connectivity index (χ0) is 21.5. The molecule has 0 unspecified atom stereocenters. The summed E-state index contributed by atoms with van der Waals surface area (Å²) in [6.45, 7) is 0. The molecule has 9 nitrogen and oxygen atoms in total. The molecule has 0 saturated heterocycles. The molecule has 0 bridgehead atoms. The van der Waals surface area contributed by atoms with Crippen molar-refractivity contribution in [2.75, 3.05) is 5.32 Å². The maximum absolute atomic E-state index is 12.6. The summed E-state index contributed by atoms with van der Waals surface area (Å²) in [7, 11) is -3.31. The molecule has 1 N–H and O–H groups in total. The van der Waals surface area contributed by atoms with Gasteiger partial charge in [0.2, 0.25) is 5.91 Å². The van der Waals surface area contributed by atoms with Crippen LogP contribution in [0.5, 0.6) is 0 Å². The fourth-order valence-electron chi connectivity index (χ4n) is 3.24. The quantitative estimate of drug-likeness (QED) is 0.474. The van der Waals surface area contributed by atoms with Gasteiger partial charge in [0.25, 0.3) is 5.69 Å². The molecule has 1 amide bonds. The van der Waals surface area contributed by atoms with Crippen molar-refractivity contribution >= 4 is 38.9 Å². The molecule has 2 heterocycles. The second-order valence-corrected chi connectivity index (χ2v) is 9.34. The number of non-ortho nitro benzene ring substituents is 1. The molecule has 0 saturated carbocycles. The summed E-state index contributed by atoms with van der Waals surface area (Å²) in [6, 6.07) is 12.4. The van der Waals surface area contributed by atoms with Gasteiger partial charge in [0.05, 0.1) is 34.2 Å². The number of nitrogens with one attached hydrogen (secondary N) is 1. The van der Waals surface area contributed by atoms with E-state index in [-0.39, 0.29) is 23.6 Å². The largest absolute Gasteiger partial charge is 0.310 e. The molecule has 0 radical (unpaired) electrons. The number of rotatable bonds is 5. The molecular weight excluding hydrogens is 432 g/mol. The molecule has 154 valence electrons. The van der Waals surface area contributed by atoms with E-state index >= 15 is 0 Å². The number of benzene rings is 2. The summed E-state index contributed by atoms with van der Waals surface area (Å²) in [6.07, 6.45) is -0.0364. The van der Waals surface area contributed by atoms with Crippen LogP contribution in [-0.4, -0.2) is 29.0 Å². The molecule has 11 heteroatoms. The monoisotopic (exact) mass is 446 g/mol. The number of carbonyl (C=O) groups is 1. The number of nitro benzene ring substituents is 1. The maximum Gasteiger partial charge on any atom is 0.269 e.